The molecule has 1 rings (SSSR count). The molecule has 0 spiro atoms. The Hall–Kier alpha value is -0.740. The van der Waals surface area contributed by atoms with Crippen molar-refractivity contribution >= 4 is 17.4 Å². The smallest absolute Gasteiger partial charge is 0.0545 e. The van der Waals surface area contributed by atoms with Gasteiger partial charge in [0, 0.05) is 12.6 Å². The van der Waals surface area contributed by atoms with Crippen LogP contribution in [0.15, 0.2) is 18.3 Å². The molecule has 0 aliphatic heterocycles. The molecule has 0 radical (unpaired) electrons. The topological polar surface area (TPSA) is 42.1 Å². The predicted octanol–water partition coefficient (Wildman–Crippen LogP) is 2.24. The van der Waals surface area contributed by atoms with Crippen LogP contribution in [0, 0.1) is 0 Å². The molecule has 0 aromatic carbocycles. The summed E-state index contributed by atoms with van der Waals surface area (Å²) < 4.78 is 0. The Morgan fingerprint density at radius 3 is 2.81 bits per heavy atom. The number of nitrogen functional groups attached to an aromatic ring is 1. The third kappa shape index (κ3) is 4.41. The highest BCUT2D eigenvalue weighted by molar-refractivity contribution is 7.98. The number of thioether (sulfide) groups is 1. The average molecular weight is 239 g/mol. The summed E-state index contributed by atoms with van der Waals surface area (Å²) in [6.07, 6.45) is 5.08. The van der Waals surface area contributed by atoms with Gasteiger partial charge in [0.05, 0.1) is 17.6 Å². The molecule has 0 saturated heterocycles. The number of anilines is 1. The van der Waals surface area contributed by atoms with Crippen LogP contribution in [0.5, 0.6) is 0 Å². The monoisotopic (exact) mass is 239 g/mol. The van der Waals surface area contributed by atoms with Crippen molar-refractivity contribution in [2.24, 2.45) is 0 Å². The molecule has 2 N–H and O–H groups in total. The molecule has 0 aliphatic carbocycles. The van der Waals surface area contributed by atoms with Crippen LogP contribution in [0.4, 0.5) is 5.69 Å². The van der Waals surface area contributed by atoms with Gasteiger partial charge in [0.2, 0.25) is 0 Å². The molecule has 0 bridgehead atoms. The first-order chi connectivity index (χ1) is 7.63. The van der Waals surface area contributed by atoms with Gasteiger partial charge in [-0.15, -0.1) is 0 Å². The largest absolute Gasteiger partial charge is 0.397 e. The average Bonchev–Trinajstić information content (AvgIpc) is 2.29. The second kappa shape index (κ2) is 6.76. The maximum atomic E-state index is 5.60. The summed E-state index contributed by atoms with van der Waals surface area (Å²) in [4.78, 5) is 6.64. The first-order valence-electron chi connectivity index (χ1n) is 5.53. The van der Waals surface area contributed by atoms with Gasteiger partial charge in [-0.25, -0.2) is 0 Å². The Morgan fingerprint density at radius 2 is 2.25 bits per heavy atom. The van der Waals surface area contributed by atoms with Crippen molar-refractivity contribution in [1.29, 1.82) is 0 Å². The first-order valence-corrected chi connectivity index (χ1v) is 6.92. The maximum Gasteiger partial charge on any atom is 0.0545 e. The maximum absolute atomic E-state index is 5.60. The SMILES string of the molecule is CSCCC(C)N(C)Cc1ccc(N)cn1. The number of nitrogens with two attached hydrogens (primary N) is 1. The van der Waals surface area contributed by atoms with Crippen molar-refractivity contribution in [3.63, 3.8) is 0 Å². The van der Waals surface area contributed by atoms with E-state index in [9.17, 15) is 0 Å². The summed E-state index contributed by atoms with van der Waals surface area (Å²) in [7, 11) is 2.14. The highest BCUT2D eigenvalue weighted by atomic mass is 32.2. The zero-order chi connectivity index (χ0) is 12.0. The number of aromatic nitrogens is 1. The predicted molar refractivity (Wildman–Crippen MR) is 72.6 cm³/mol. The van der Waals surface area contributed by atoms with Crippen LogP contribution in [-0.4, -0.2) is 35.0 Å². The van der Waals surface area contributed by atoms with Gasteiger partial charge in [-0.3, -0.25) is 9.88 Å². The van der Waals surface area contributed by atoms with Crippen molar-refractivity contribution in [2.45, 2.75) is 25.9 Å². The van der Waals surface area contributed by atoms with E-state index in [0.29, 0.717) is 6.04 Å². The molecule has 1 aromatic heterocycles. The Balaban J connectivity index is 2.43. The van der Waals surface area contributed by atoms with Crippen molar-refractivity contribution in [2.75, 3.05) is 24.8 Å². The van der Waals surface area contributed by atoms with Gasteiger partial charge >= 0.3 is 0 Å². The molecular formula is C12H21N3S. The molecule has 0 aliphatic rings. The van der Waals surface area contributed by atoms with Gasteiger partial charge in [-0.1, -0.05) is 0 Å². The molecule has 90 valence electrons. The lowest BCUT2D eigenvalue weighted by molar-refractivity contribution is 0.242. The van der Waals surface area contributed by atoms with Crippen molar-refractivity contribution in [3.8, 4) is 0 Å². The van der Waals surface area contributed by atoms with E-state index in [1.807, 2.05) is 23.9 Å². The van der Waals surface area contributed by atoms with E-state index in [-0.39, 0.29) is 0 Å². The van der Waals surface area contributed by atoms with Crippen molar-refractivity contribution < 1.29 is 0 Å². The van der Waals surface area contributed by atoms with Gasteiger partial charge < -0.3 is 5.73 Å². The molecule has 1 heterocycles. The highest BCUT2D eigenvalue weighted by Gasteiger charge is 2.09. The number of rotatable bonds is 6. The third-order valence-corrected chi connectivity index (χ3v) is 3.40. The van der Waals surface area contributed by atoms with E-state index in [0.717, 1.165) is 17.9 Å². The summed E-state index contributed by atoms with van der Waals surface area (Å²) in [5.74, 6) is 1.21. The summed E-state index contributed by atoms with van der Waals surface area (Å²) >= 11 is 1.90. The lowest BCUT2D eigenvalue weighted by atomic mass is 10.2. The van der Waals surface area contributed by atoms with Crippen LogP contribution < -0.4 is 5.73 Å². The number of hydrogen-bond acceptors (Lipinski definition) is 4. The summed E-state index contributed by atoms with van der Waals surface area (Å²) in [6, 6.07) is 4.49. The lowest BCUT2D eigenvalue weighted by Crippen LogP contribution is -2.29. The van der Waals surface area contributed by atoms with Gasteiger partial charge in [0.25, 0.3) is 0 Å². The van der Waals surface area contributed by atoms with E-state index >= 15 is 0 Å². The van der Waals surface area contributed by atoms with Gasteiger partial charge in [-0.05, 0) is 44.5 Å². The van der Waals surface area contributed by atoms with E-state index in [1.165, 1.54) is 12.2 Å². The van der Waals surface area contributed by atoms with E-state index in [4.69, 9.17) is 5.73 Å². The first kappa shape index (κ1) is 13.3. The Kier molecular flexibility index (Phi) is 5.63. The molecular weight excluding hydrogens is 218 g/mol. The second-order valence-corrected chi connectivity index (χ2v) is 5.11. The lowest BCUT2D eigenvalue weighted by Gasteiger charge is -2.24. The molecule has 1 unspecified atom stereocenters. The molecule has 0 amide bonds. The van der Waals surface area contributed by atoms with Crippen molar-refractivity contribution in [1.82, 2.24) is 9.88 Å². The molecule has 0 saturated carbocycles. The van der Waals surface area contributed by atoms with E-state index < -0.39 is 0 Å². The fourth-order valence-electron chi connectivity index (χ4n) is 1.45. The van der Waals surface area contributed by atoms with E-state index in [2.05, 4.69) is 30.1 Å². The summed E-state index contributed by atoms with van der Waals surface area (Å²) in [6.45, 7) is 3.14. The minimum atomic E-state index is 0.590. The fraction of sp³-hybridized carbons (Fsp3) is 0.583. The van der Waals surface area contributed by atoms with Crippen LogP contribution in [-0.2, 0) is 6.54 Å². The normalized spacial score (nSPS) is 13.0. The Morgan fingerprint density at radius 1 is 1.50 bits per heavy atom. The van der Waals surface area contributed by atoms with Crippen LogP contribution in [0.25, 0.3) is 0 Å². The van der Waals surface area contributed by atoms with Crippen LogP contribution in [0.3, 0.4) is 0 Å². The third-order valence-electron chi connectivity index (χ3n) is 2.75. The van der Waals surface area contributed by atoms with Crippen LogP contribution >= 0.6 is 11.8 Å². The van der Waals surface area contributed by atoms with E-state index in [1.54, 1.807) is 6.20 Å². The minimum absolute atomic E-state index is 0.590. The molecule has 4 heteroatoms. The van der Waals surface area contributed by atoms with Gasteiger partial charge in [-0.2, -0.15) is 11.8 Å². The number of pyridine rings is 1. The Labute approximate surface area is 102 Å². The molecule has 0 fully saturated rings. The summed E-state index contributed by atoms with van der Waals surface area (Å²) in [5, 5.41) is 0. The summed E-state index contributed by atoms with van der Waals surface area (Å²) in [5.41, 5.74) is 7.40. The van der Waals surface area contributed by atoms with Crippen molar-refractivity contribution in [3.05, 3.63) is 24.0 Å². The molecule has 1 atom stereocenters. The number of nitrogens with zero attached hydrogens (tertiary/aromatic N) is 2. The number of hydrogen-bond donors (Lipinski definition) is 1. The van der Waals surface area contributed by atoms with Crippen LogP contribution in [0.2, 0.25) is 0 Å². The second-order valence-electron chi connectivity index (χ2n) is 4.13. The quantitative estimate of drug-likeness (QED) is 0.826. The Bertz CT molecular complexity index is 300. The van der Waals surface area contributed by atoms with Crippen LogP contribution in [0.1, 0.15) is 19.0 Å². The van der Waals surface area contributed by atoms with Gasteiger partial charge in [0.1, 0.15) is 0 Å². The molecule has 3 nitrogen and oxygen atoms in total. The fourth-order valence-corrected chi connectivity index (χ4v) is 2.03. The van der Waals surface area contributed by atoms with Gasteiger partial charge in [0.15, 0.2) is 0 Å². The zero-order valence-corrected chi connectivity index (χ0v) is 11.1. The minimum Gasteiger partial charge on any atom is -0.397 e. The zero-order valence-electron chi connectivity index (χ0n) is 10.3. The highest BCUT2D eigenvalue weighted by Crippen LogP contribution is 2.10. The molecule has 1 aromatic rings. The standard InChI is InChI=1S/C12H21N3S/c1-10(6-7-16-3)15(2)9-12-5-4-11(13)8-14-12/h4-5,8,10H,6-7,9,13H2,1-3H3. The molecule has 16 heavy (non-hydrogen) atoms.